The Morgan fingerprint density at radius 3 is 3.27 bits per heavy atom. The van der Waals surface area contributed by atoms with Crippen LogP contribution in [0.4, 0.5) is 5.69 Å². The molecule has 3 heteroatoms. The second-order valence-corrected chi connectivity index (χ2v) is 5.33. The van der Waals surface area contributed by atoms with Gasteiger partial charge in [-0.25, -0.2) is 4.98 Å². The number of nitrogens with two attached hydrogens (primary N) is 1. The second kappa shape index (κ2) is 3.20. The van der Waals surface area contributed by atoms with Gasteiger partial charge in [-0.15, -0.1) is 11.3 Å². The molecule has 2 nitrogen and oxygen atoms in total. The minimum atomic E-state index is 0.752. The summed E-state index contributed by atoms with van der Waals surface area (Å²) in [6.45, 7) is 2.29. The fourth-order valence-corrected chi connectivity index (χ4v) is 3.17. The Labute approximate surface area is 93.1 Å². The first-order valence-corrected chi connectivity index (χ1v) is 6.28. The molecule has 2 aromatic heterocycles. The summed E-state index contributed by atoms with van der Waals surface area (Å²) in [5.74, 6) is 0.752. The van der Waals surface area contributed by atoms with Crippen molar-refractivity contribution in [1.82, 2.24) is 4.98 Å². The van der Waals surface area contributed by atoms with E-state index in [1.807, 2.05) is 0 Å². The molecule has 2 heterocycles. The topological polar surface area (TPSA) is 38.9 Å². The van der Waals surface area contributed by atoms with Gasteiger partial charge in [-0.1, -0.05) is 6.92 Å². The number of nitrogen functional groups attached to an aromatic ring is 1. The number of anilines is 1. The predicted octanol–water partition coefficient (Wildman–Crippen LogP) is 3.00. The Bertz CT molecular complexity index is 516. The summed E-state index contributed by atoms with van der Waals surface area (Å²) in [6, 6.07) is 2.08. The van der Waals surface area contributed by atoms with Gasteiger partial charge < -0.3 is 5.73 Å². The molecule has 1 aliphatic rings. The highest BCUT2D eigenvalue weighted by Gasteiger charge is 2.20. The van der Waals surface area contributed by atoms with E-state index in [1.165, 1.54) is 17.7 Å². The third-order valence-corrected chi connectivity index (χ3v) is 4.08. The van der Waals surface area contributed by atoms with Gasteiger partial charge in [-0.05, 0) is 42.2 Å². The number of pyridine rings is 1. The van der Waals surface area contributed by atoms with Crippen LogP contribution in [0, 0.1) is 5.92 Å². The molecule has 0 saturated heterocycles. The zero-order valence-electron chi connectivity index (χ0n) is 8.79. The van der Waals surface area contributed by atoms with E-state index in [-0.39, 0.29) is 0 Å². The highest BCUT2D eigenvalue weighted by Crippen LogP contribution is 2.34. The molecule has 15 heavy (non-hydrogen) atoms. The van der Waals surface area contributed by atoms with Crippen LogP contribution in [-0.2, 0) is 12.8 Å². The fraction of sp³-hybridized carbons (Fsp3) is 0.417. The van der Waals surface area contributed by atoms with Crippen LogP contribution in [0.15, 0.2) is 11.4 Å². The Morgan fingerprint density at radius 2 is 2.40 bits per heavy atom. The van der Waals surface area contributed by atoms with E-state index < -0.39 is 0 Å². The van der Waals surface area contributed by atoms with Crippen molar-refractivity contribution in [2.45, 2.75) is 26.2 Å². The molecule has 78 valence electrons. The van der Waals surface area contributed by atoms with Crippen molar-refractivity contribution in [3.05, 3.63) is 22.7 Å². The molecular weight excluding hydrogens is 204 g/mol. The summed E-state index contributed by atoms with van der Waals surface area (Å²) in [7, 11) is 0. The molecule has 0 aliphatic heterocycles. The van der Waals surface area contributed by atoms with E-state index in [0.717, 1.165) is 34.7 Å². The summed E-state index contributed by atoms with van der Waals surface area (Å²) < 4.78 is 0. The number of nitrogens with zero attached hydrogens (tertiary/aromatic N) is 1. The summed E-state index contributed by atoms with van der Waals surface area (Å²) in [4.78, 5) is 5.82. The van der Waals surface area contributed by atoms with Crippen molar-refractivity contribution in [3.8, 4) is 0 Å². The van der Waals surface area contributed by atoms with Crippen molar-refractivity contribution in [1.29, 1.82) is 0 Å². The lowest BCUT2D eigenvalue weighted by molar-refractivity contribution is 0.494. The smallest absolute Gasteiger partial charge is 0.125 e. The Kier molecular flexibility index (Phi) is 1.96. The summed E-state index contributed by atoms with van der Waals surface area (Å²) in [6.07, 6.45) is 3.43. The number of hydrogen-bond acceptors (Lipinski definition) is 3. The molecule has 0 aromatic carbocycles. The maximum Gasteiger partial charge on any atom is 0.125 e. The average Bonchev–Trinajstić information content (AvgIpc) is 2.65. The molecule has 2 N–H and O–H groups in total. The van der Waals surface area contributed by atoms with Crippen LogP contribution in [0.25, 0.3) is 10.2 Å². The molecule has 0 amide bonds. The molecule has 1 atom stereocenters. The normalized spacial score (nSPS) is 20.5. The van der Waals surface area contributed by atoms with Gasteiger partial charge in [0, 0.05) is 16.8 Å². The Morgan fingerprint density at radius 1 is 1.53 bits per heavy atom. The first kappa shape index (κ1) is 9.16. The van der Waals surface area contributed by atoms with Crippen molar-refractivity contribution >= 4 is 27.2 Å². The Hall–Kier alpha value is -1.09. The molecule has 0 fully saturated rings. The quantitative estimate of drug-likeness (QED) is 0.738. The fourth-order valence-electron chi connectivity index (χ4n) is 2.37. The van der Waals surface area contributed by atoms with Crippen LogP contribution < -0.4 is 5.73 Å². The summed E-state index contributed by atoms with van der Waals surface area (Å²) in [5, 5.41) is 3.22. The van der Waals surface area contributed by atoms with Crippen LogP contribution in [0.5, 0.6) is 0 Å². The maximum absolute atomic E-state index is 6.20. The second-order valence-electron chi connectivity index (χ2n) is 4.44. The minimum Gasteiger partial charge on any atom is -0.398 e. The molecular formula is C12H14N2S. The number of thiophene rings is 1. The van der Waals surface area contributed by atoms with E-state index in [1.54, 1.807) is 11.3 Å². The van der Waals surface area contributed by atoms with Gasteiger partial charge in [0.15, 0.2) is 0 Å². The third kappa shape index (κ3) is 1.34. The van der Waals surface area contributed by atoms with Gasteiger partial charge in [0.1, 0.15) is 4.83 Å². The zero-order valence-corrected chi connectivity index (χ0v) is 9.60. The molecule has 0 spiro atoms. The first-order valence-electron chi connectivity index (χ1n) is 5.40. The van der Waals surface area contributed by atoms with Crippen LogP contribution in [0.2, 0.25) is 0 Å². The van der Waals surface area contributed by atoms with Crippen LogP contribution in [0.1, 0.15) is 24.6 Å². The van der Waals surface area contributed by atoms with E-state index in [9.17, 15) is 0 Å². The maximum atomic E-state index is 6.20. The van der Waals surface area contributed by atoms with Crippen LogP contribution in [0.3, 0.4) is 0 Å². The number of hydrogen-bond donors (Lipinski definition) is 1. The molecule has 0 saturated carbocycles. The highest BCUT2D eigenvalue weighted by molar-refractivity contribution is 7.16. The van der Waals surface area contributed by atoms with Crippen molar-refractivity contribution in [3.63, 3.8) is 0 Å². The lowest BCUT2D eigenvalue weighted by Gasteiger charge is -2.22. The van der Waals surface area contributed by atoms with Gasteiger partial charge >= 0.3 is 0 Å². The van der Waals surface area contributed by atoms with Gasteiger partial charge in [0.05, 0.1) is 0 Å². The number of rotatable bonds is 0. The average molecular weight is 218 g/mol. The monoisotopic (exact) mass is 218 g/mol. The van der Waals surface area contributed by atoms with Gasteiger partial charge in [0.25, 0.3) is 0 Å². The predicted molar refractivity (Wildman–Crippen MR) is 65.2 cm³/mol. The van der Waals surface area contributed by atoms with Crippen LogP contribution >= 0.6 is 11.3 Å². The largest absolute Gasteiger partial charge is 0.398 e. The van der Waals surface area contributed by atoms with Crippen molar-refractivity contribution in [2.24, 2.45) is 5.92 Å². The van der Waals surface area contributed by atoms with Crippen molar-refractivity contribution < 1.29 is 0 Å². The zero-order chi connectivity index (χ0) is 10.4. The lowest BCUT2D eigenvalue weighted by Crippen LogP contribution is -2.15. The van der Waals surface area contributed by atoms with Crippen molar-refractivity contribution in [2.75, 3.05) is 5.73 Å². The van der Waals surface area contributed by atoms with Gasteiger partial charge in [0.2, 0.25) is 0 Å². The molecule has 1 unspecified atom stereocenters. The molecule has 3 rings (SSSR count). The highest BCUT2D eigenvalue weighted by atomic mass is 32.1. The SMILES string of the molecule is CC1CCc2c(nc3sccc3c2N)C1. The third-order valence-electron chi connectivity index (χ3n) is 3.27. The molecule has 1 aliphatic carbocycles. The van der Waals surface area contributed by atoms with Gasteiger partial charge in [-0.2, -0.15) is 0 Å². The molecule has 0 bridgehead atoms. The minimum absolute atomic E-state index is 0.752. The van der Waals surface area contributed by atoms with E-state index in [4.69, 9.17) is 10.7 Å². The first-order chi connectivity index (χ1) is 7.25. The van der Waals surface area contributed by atoms with Gasteiger partial charge in [-0.3, -0.25) is 0 Å². The molecule has 0 radical (unpaired) electrons. The summed E-state index contributed by atoms with van der Waals surface area (Å²) in [5.41, 5.74) is 9.71. The molecule has 2 aromatic rings. The summed E-state index contributed by atoms with van der Waals surface area (Å²) >= 11 is 1.68. The van der Waals surface area contributed by atoms with E-state index >= 15 is 0 Å². The van der Waals surface area contributed by atoms with Crippen LogP contribution in [-0.4, -0.2) is 4.98 Å². The van der Waals surface area contributed by atoms with E-state index in [0.29, 0.717) is 0 Å². The Balaban J connectivity index is 2.27. The standard InChI is InChI=1S/C12H14N2S/c1-7-2-3-8-10(6-7)14-12-9(11(8)13)4-5-15-12/h4-5,7H,2-3,6H2,1H3,(H2,13,14). The lowest BCUT2D eigenvalue weighted by atomic mass is 9.87. The number of aromatic nitrogens is 1. The van der Waals surface area contributed by atoms with E-state index in [2.05, 4.69) is 18.4 Å². The number of fused-ring (bicyclic) bond motifs is 2.